The first-order valence-electron chi connectivity index (χ1n) is 7.98. The predicted octanol–water partition coefficient (Wildman–Crippen LogP) is 3.61. The molecule has 1 aromatic rings. The summed E-state index contributed by atoms with van der Waals surface area (Å²) in [6.07, 6.45) is 3.72. The second kappa shape index (κ2) is 7.25. The monoisotopic (exact) mass is 311 g/mol. The van der Waals surface area contributed by atoms with E-state index in [0.29, 0.717) is 23.9 Å². The number of halogens is 1. The van der Waals surface area contributed by atoms with Crippen molar-refractivity contribution in [1.82, 2.24) is 15.0 Å². The van der Waals surface area contributed by atoms with Crippen LogP contribution in [0, 0.1) is 11.8 Å². The van der Waals surface area contributed by atoms with Gasteiger partial charge in [0.1, 0.15) is 0 Å². The Morgan fingerprint density at radius 3 is 2.52 bits per heavy atom. The fraction of sp³-hybridized carbons (Fsp3) is 0.800. The van der Waals surface area contributed by atoms with Gasteiger partial charge < -0.3 is 10.2 Å². The van der Waals surface area contributed by atoms with E-state index in [4.69, 9.17) is 11.6 Å². The molecule has 1 aliphatic carbocycles. The van der Waals surface area contributed by atoms with Gasteiger partial charge >= 0.3 is 0 Å². The molecule has 3 atom stereocenters. The molecule has 1 aliphatic rings. The van der Waals surface area contributed by atoms with Crippen LogP contribution in [0.25, 0.3) is 0 Å². The van der Waals surface area contributed by atoms with E-state index in [-0.39, 0.29) is 5.28 Å². The van der Waals surface area contributed by atoms with E-state index in [1.165, 1.54) is 12.8 Å². The standard InChI is InChI=1S/C15H26ClN5/c1-5-21(6-2)15-19-13(16)18-14(20-15)17-12-9-7-8-10(3)11(12)4/h10-12H,5-9H2,1-4H3,(H,17,18,19,20). The average Bonchev–Trinajstić information content (AvgIpc) is 2.45. The summed E-state index contributed by atoms with van der Waals surface area (Å²) in [4.78, 5) is 15.1. The zero-order chi connectivity index (χ0) is 15.4. The highest BCUT2D eigenvalue weighted by atomic mass is 35.5. The molecule has 1 fully saturated rings. The lowest BCUT2D eigenvalue weighted by Crippen LogP contribution is -2.36. The van der Waals surface area contributed by atoms with Crippen molar-refractivity contribution in [3.8, 4) is 0 Å². The third kappa shape index (κ3) is 3.96. The van der Waals surface area contributed by atoms with Crippen LogP contribution in [0.3, 0.4) is 0 Å². The minimum atomic E-state index is 0.255. The fourth-order valence-electron chi connectivity index (χ4n) is 3.00. The third-order valence-corrected chi connectivity index (χ3v) is 4.83. The van der Waals surface area contributed by atoms with Crippen molar-refractivity contribution in [2.45, 2.75) is 53.0 Å². The van der Waals surface area contributed by atoms with Crippen LogP contribution in [-0.4, -0.2) is 34.1 Å². The molecular weight excluding hydrogens is 286 g/mol. The SMILES string of the molecule is CCN(CC)c1nc(Cl)nc(NC2CCCC(C)C2C)n1. The van der Waals surface area contributed by atoms with Crippen molar-refractivity contribution < 1.29 is 0 Å². The molecule has 1 aromatic heterocycles. The average molecular weight is 312 g/mol. The second-order valence-electron chi connectivity index (χ2n) is 5.92. The number of nitrogens with one attached hydrogen (secondary N) is 1. The smallest absolute Gasteiger partial charge is 0.231 e. The van der Waals surface area contributed by atoms with Crippen LogP contribution in [0.15, 0.2) is 0 Å². The Bertz CT molecular complexity index is 463. The minimum Gasteiger partial charge on any atom is -0.351 e. The van der Waals surface area contributed by atoms with Gasteiger partial charge in [-0.1, -0.05) is 26.7 Å². The maximum Gasteiger partial charge on any atom is 0.231 e. The van der Waals surface area contributed by atoms with Gasteiger partial charge in [0.15, 0.2) is 0 Å². The van der Waals surface area contributed by atoms with Crippen molar-refractivity contribution in [3.05, 3.63) is 5.28 Å². The summed E-state index contributed by atoms with van der Waals surface area (Å²) < 4.78 is 0. The maximum atomic E-state index is 6.06. The molecule has 0 bridgehead atoms. The summed E-state index contributed by atoms with van der Waals surface area (Å²) in [7, 11) is 0. The highest BCUT2D eigenvalue weighted by Crippen LogP contribution is 2.31. The molecule has 2 rings (SSSR count). The maximum absolute atomic E-state index is 6.06. The summed E-state index contributed by atoms with van der Waals surface area (Å²) in [6, 6.07) is 0.414. The van der Waals surface area contributed by atoms with Gasteiger partial charge in [-0.2, -0.15) is 15.0 Å². The van der Waals surface area contributed by atoms with Gasteiger partial charge in [-0.3, -0.25) is 0 Å². The number of anilines is 2. The lowest BCUT2D eigenvalue weighted by atomic mass is 9.78. The van der Waals surface area contributed by atoms with Gasteiger partial charge in [0.05, 0.1) is 0 Å². The first kappa shape index (κ1) is 16.3. The summed E-state index contributed by atoms with van der Waals surface area (Å²) in [5.74, 6) is 2.60. The van der Waals surface area contributed by atoms with E-state index in [0.717, 1.165) is 25.4 Å². The first-order valence-corrected chi connectivity index (χ1v) is 8.36. The van der Waals surface area contributed by atoms with E-state index >= 15 is 0 Å². The third-order valence-electron chi connectivity index (χ3n) is 4.66. The molecule has 1 heterocycles. The van der Waals surface area contributed by atoms with Crippen LogP contribution in [0.1, 0.15) is 47.0 Å². The molecule has 1 saturated carbocycles. The Hall–Kier alpha value is -1.10. The molecule has 118 valence electrons. The van der Waals surface area contributed by atoms with E-state index in [1.54, 1.807) is 0 Å². The van der Waals surface area contributed by atoms with E-state index in [9.17, 15) is 0 Å². The van der Waals surface area contributed by atoms with Gasteiger partial charge in [-0.25, -0.2) is 0 Å². The number of hydrogen-bond acceptors (Lipinski definition) is 5. The van der Waals surface area contributed by atoms with Crippen molar-refractivity contribution in [2.24, 2.45) is 11.8 Å². The normalized spacial score (nSPS) is 25.7. The number of hydrogen-bond donors (Lipinski definition) is 1. The molecule has 0 amide bonds. The Balaban J connectivity index is 2.16. The molecule has 0 aliphatic heterocycles. The minimum absolute atomic E-state index is 0.255. The molecule has 0 saturated heterocycles. The quantitative estimate of drug-likeness (QED) is 0.900. The Morgan fingerprint density at radius 2 is 1.86 bits per heavy atom. The van der Waals surface area contributed by atoms with Crippen molar-refractivity contribution in [3.63, 3.8) is 0 Å². The second-order valence-corrected chi connectivity index (χ2v) is 6.26. The molecule has 3 unspecified atom stereocenters. The molecular formula is C15H26ClN5. The molecule has 0 radical (unpaired) electrons. The zero-order valence-electron chi connectivity index (χ0n) is 13.4. The lowest BCUT2D eigenvalue weighted by Gasteiger charge is -2.34. The van der Waals surface area contributed by atoms with E-state index in [2.05, 4.69) is 52.9 Å². The molecule has 5 nitrogen and oxygen atoms in total. The van der Waals surface area contributed by atoms with Crippen LogP contribution < -0.4 is 10.2 Å². The molecule has 1 N–H and O–H groups in total. The van der Waals surface area contributed by atoms with Crippen LogP contribution >= 0.6 is 11.6 Å². The van der Waals surface area contributed by atoms with Crippen molar-refractivity contribution in [1.29, 1.82) is 0 Å². The van der Waals surface area contributed by atoms with E-state index in [1.807, 2.05) is 0 Å². The highest BCUT2D eigenvalue weighted by molar-refractivity contribution is 6.28. The molecule has 0 aromatic carbocycles. The summed E-state index contributed by atoms with van der Waals surface area (Å²) in [5.41, 5.74) is 0. The Morgan fingerprint density at radius 1 is 1.14 bits per heavy atom. The van der Waals surface area contributed by atoms with Crippen molar-refractivity contribution in [2.75, 3.05) is 23.3 Å². The Kier molecular flexibility index (Phi) is 5.62. The highest BCUT2D eigenvalue weighted by Gasteiger charge is 2.27. The number of rotatable bonds is 5. The summed E-state index contributed by atoms with van der Waals surface area (Å²) in [6.45, 7) is 10.5. The van der Waals surface area contributed by atoms with Crippen LogP contribution in [0.2, 0.25) is 5.28 Å². The summed E-state index contributed by atoms with van der Waals surface area (Å²) in [5, 5.41) is 3.73. The van der Waals surface area contributed by atoms with Crippen molar-refractivity contribution >= 4 is 23.5 Å². The van der Waals surface area contributed by atoms with E-state index < -0.39 is 0 Å². The van der Waals surface area contributed by atoms with Gasteiger partial charge in [0, 0.05) is 19.1 Å². The number of aromatic nitrogens is 3. The number of nitrogens with zero attached hydrogens (tertiary/aromatic N) is 4. The van der Waals surface area contributed by atoms with Crippen LogP contribution in [0.5, 0.6) is 0 Å². The lowest BCUT2D eigenvalue weighted by molar-refractivity contribution is 0.252. The Labute approximate surface area is 132 Å². The van der Waals surface area contributed by atoms with Crippen LogP contribution in [0.4, 0.5) is 11.9 Å². The zero-order valence-corrected chi connectivity index (χ0v) is 14.2. The van der Waals surface area contributed by atoms with Gasteiger partial charge in [0.2, 0.25) is 17.2 Å². The summed E-state index contributed by atoms with van der Waals surface area (Å²) >= 11 is 6.06. The fourth-order valence-corrected chi connectivity index (χ4v) is 3.16. The van der Waals surface area contributed by atoms with Crippen LogP contribution in [-0.2, 0) is 0 Å². The largest absolute Gasteiger partial charge is 0.351 e. The predicted molar refractivity (Wildman–Crippen MR) is 88.0 cm³/mol. The topological polar surface area (TPSA) is 53.9 Å². The molecule has 0 spiro atoms. The molecule has 6 heteroatoms. The molecule has 21 heavy (non-hydrogen) atoms. The van der Waals surface area contributed by atoms with Gasteiger partial charge in [0.25, 0.3) is 0 Å². The first-order chi connectivity index (χ1) is 10.0. The van der Waals surface area contributed by atoms with Gasteiger partial charge in [-0.05, 0) is 43.7 Å². The van der Waals surface area contributed by atoms with Gasteiger partial charge in [-0.15, -0.1) is 0 Å².